The number of esters is 3. The molecule has 0 aliphatic rings. The number of hydrogen-bond acceptors (Lipinski definition) is 6. The molecule has 0 saturated carbocycles. The molecule has 0 rings (SSSR count). The first kappa shape index (κ1) is 54.8. The van der Waals surface area contributed by atoms with Crippen molar-refractivity contribution in [3.8, 4) is 0 Å². The van der Waals surface area contributed by atoms with Gasteiger partial charge in [-0.15, -0.1) is 0 Å². The van der Waals surface area contributed by atoms with Crippen molar-refractivity contribution in [3.05, 3.63) is 122 Å². The predicted octanol–water partition coefficient (Wildman–Crippen LogP) is 15.0. The van der Waals surface area contributed by atoms with Crippen molar-refractivity contribution in [2.24, 2.45) is 0 Å². The molecule has 0 N–H and O–H groups in total. The van der Waals surface area contributed by atoms with Crippen molar-refractivity contribution in [2.45, 2.75) is 181 Å². The van der Waals surface area contributed by atoms with Gasteiger partial charge in [0.2, 0.25) is 0 Å². The molecule has 1 atom stereocenters. The molecule has 0 amide bonds. The molecule has 0 aromatic rings. The highest BCUT2D eigenvalue weighted by molar-refractivity contribution is 5.72. The van der Waals surface area contributed by atoms with Gasteiger partial charge in [0, 0.05) is 12.8 Å². The maximum Gasteiger partial charge on any atom is 0.309 e. The Kier molecular flexibility index (Phi) is 43.2. The highest BCUT2D eigenvalue weighted by atomic mass is 16.6. The van der Waals surface area contributed by atoms with Crippen LogP contribution >= 0.6 is 0 Å². The van der Waals surface area contributed by atoms with Crippen LogP contribution in [0.15, 0.2) is 122 Å². The van der Waals surface area contributed by atoms with E-state index in [-0.39, 0.29) is 32.0 Å². The van der Waals surface area contributed by atoms with Crippen molar-refractivity contribution in [3.63, 3.8) is 0 Å². The lowest BCUT2D eigenvalue weighted by Gasteiger charge is -2.18. The topological polar surface area (TPSA) is 78.9 Å². The molecule has 0 heterocycles. The van der Waals surface area contributed by atoms with E-state index in [1.165, 1.54) is 38.5 Å². The lowest BCUT2D eigenvalue weighted by Crippen LogP contribution is -2.30. The molecule has 6 heteroatoms. The summed E-state index contributed by atoms with van der Waals surface area (Å²) in [4.78, 5) is 37.6. The minimum Gasteiger partial charge on any atom is -0.462 e. The normalized spacial score (nSPS) is 13.2. The fourth-order valence-corrected chi connectivity index (χ4v) is 5.58. The average molecular weight is 815 g/mol. The van der Waals surface area contributed by atoms with Gasteiger partial charge >= 0.3 is 17.9 Å². The molecule has 0 radical (unpaired) electrons. The smallest absolute Gasteiger partial charge is 0.309 e. The van der Waals surface area contributed by atoms with Gasteiger partial charge in [-0.05, 0) is 96.3 Å². The first-order valence-corrected chi connectivity index (χ1v) is 23.0. The second-order valence-electron chi connectivity index (χ2n) is 14.6. The molecular formula is C53H82O6. The van der Waals surface area contributed by atoms with Gasteiger partial charge in [0.25, 0.3) is 0 Å². The molecular weight excluding hydrogens is 733 g/mol. The Morgan fingerprint density at radius 1 is 0.373 bits per heavy atom. The monoisotopic (exact) mass is 815 g/mol. The SMILES string of the molecule is CC/C=C\C/C=C\C/C=C\C/C=C\C/C=C\CCCCCC(=O)OCC(COC(=O)C/C=C\C/C=C\C/C=C\CC)OC(=O)CC/C=C\C/C=C\CCCCCCCC. The van der Waals surface area contributed by atoms with Gasteiger partial charge < -0.3 is 14.2 Å². The van der Waals surface area contributed by atoms with Crippen LogP contribution in [-0.2, 0) is 28.6 Å². The van der Waals surface area contributed by atoms with E-state index in [2.05, 4.69) is 124 Å². The molecule has 6 nitrogen and oxygen atoms in total. The van der Waals surface area contributed by atoms with Crippen molar-refractivity contribution in [1.82, 2.24) is 0 Å². The summed E-state index contributed by atoms with van der Waals surface area (Å²) in [6.45, 7) is 6.18. The van der Waals surface area contributed by atoms with Gasteiger partial charge in [-0.1, -0.05) is 181 Å². The Balaban J connectivity index is 4.55. The fourth-order valence-electron chi connectivity index (χ4n) is 5.58. The summed E-state index contributed by atoms with van der Waals surface area (Å²) in [6, 6.07) is 0. The first-order valence-electron chi connectivity index (χ1n) is 23.0. The van der Waals surface area contributed by atoms with E-state index < -0.39 is 18.0 Å². The van der Waals surface area contributed by atoms with Crippen LogP contribution in [0.1, 0.15) is 175 Å². The van der Waals surface area contributed by atoms with Crippen LogP contribution in [0.4, 0.5) is 0 Å². The second kappa shape index (κ2) is 46.5. The maximum absolute atomic E-state index is 12.7. The van der Waals surface area contributed by atoms with Gasteiger partial charge in [0.15, 0.2) is 6.10 Å². The van der Waals surface area contributed by atoms with Crippen LogP contribution < -0.4 is 0 Å². The summed E-state index contributed by atoms with van der Waals surface area (Å²) in [7, 11) is 0. The van der Waals surface area contributed by atoms with E-state index in [0.29, 0.717) is 12.8 Å². The van der Waals surface area contributed by atoms with Crippen molar-refractivity contribution >= 4 is 17.9 Å². The standard InChI is InChI=1S/C53H82O6/c1-4-7-10-13-16-19-21-23-24-25-26-27-28-30-31-34-37-40-43-46-52(55)58-49-50(48-57-51(54)45-42-39-36-33-18-15-12-9-6-3)59-53(56)47-44-41-38-35-32-29-22-20-17-14-11-8-5-2/h7,9-10,12,16,18-19,23-24,26-27,29-33,38-39,41-42,50H,4-6,8,11,13-15,17,20-22,25,28,34-37,40,43-49H2,1-3H3/b10-7-,12-9-,19-16-,24-23-,27-26-,31-30-,32-29-,33-18-,41-38-,42-39-. The van der Waals surface area contributed by atoms with Gasteiger partial charge in [0.05, 0.1) is 6.42 Å². The number of hydrogen-bond donors (Lipinski definition) is 0. The lowest BCUT2D eigenvalue weighted by atomic mass is 10.1. The van der Waals surface area contributed by atoms with Crippen LogP contribution in [-0.4, -0.2) is 37.2 Å². The molecule has 0 aromatic carbocycles. The summed E-state index contributed by atoms with van der Waals surface area (Å²) in [5, 5.41) is 0. The van der Waals surface area contributed by atoms with Crippen LogP contribution in [0.5, 0.6) is 0 Å². The minimum absolute atomic E-state index is 0.113. The molecule has 0 bridgehead atoms. The third-order valence-electron chi connectivity index (χ3n) is 8.98. The van der Waals surface area contributed by atoms with Crippen LogP contribution in [0, 0.1) is 0 Å². The highest BCUT2D eigenvalue weighted by Crippen LogP contribution is 2.10. The summed E-state index contributed by atoms with van der Waals surface area (Å²) in [5.41, 5.74) is 0. The Hall–Kier alpha value is -4.19. The molecule has 0 saturated heterocycles. The Bertz CT molecular complexity index is 1300. The molecule has 0 aliphatic heterocycles. The number of carbonyl (C=O) groups is 3. The zero-order valence-corrected chi connectivity index (χ0v) is 37.5. The number of allylic oxidation sites excluding steroid dienone is 19. The summed E-state index contributed by atoms with van der Waals surface area (Å²) in [5.74, 6) is -1.19. The number of rotatable bonds is 39. The third kappa shape index (κ3) is 44.8. The quantitative estimate of drug-likeness (QED) is 0.0266. The van der Waals surface area contributed by atoms with Crippen LogP contribution in [0.2, 0.25) is 0 Å². The van der Waals surface area contributed by atoms with Crippen molar-refractivity contribution < 1.29 is 28.6 Å². The molecule has 330 valence electrons. The van der Waals surface area contributed by atoms with Gasteiger partial charge in [-0.3, -0.25) is 14.4 Å². The maximum atomic E-state index is 12.7. The molecule has 0 aromatic heterocycles. The third-order valence-corrected chi connectivity index (χ3v) is 8.98. The Labute approximate surface area is 361 Å². The lowest BCUT2D eigenvalue weighted by molar-refractivity contribution is -0.166. The van der Waals surface area contributed by atoms with Gasteiger partial charge in [-0.25, -0.2) is 0 Å². The number of unbranched alkanes of at least 4 members (excludes halogenated alkanes) is 9. The van der Waals surface area contributed by atoms with Crippen LogP contribution in [0.25, 0.3) is 0 Å². The molecule has 1 unspecified atom stereocenters. The summed E-state index contributed by atoms with van der Waals surface area (Å²) in [6.07, 6.45) is 63.7. The van der Waals surface area contributed by atoms with E-state index in [4.69, 9.17) is 14.2 Å². The zero-order chi connectivity index (χ0) is 43.0. The second-order valence-corrected chi connectivity index (χ2v) is 14.6. The predicted molar refractivity (Wildman–Crippen MR) is 251 cm³/mol. The van der Waals surface area contributed by atoms with Crippen LogP contribution in [0.3, 0.4) is 0 Å². The first-order chi connectivity index (χ1) is 29.0. The van der Waals surface area contributed by atoms with Crippen molar-refractivity contribution in [2.75, 3.05) is 13.2 Å². The Morgan fingerprint density at radius 3 is 1.25 bits per heavy atom. The molecule has 0 fully saturated rings. The largest absolute Gasteiger partial charge is 0.462 e. The van der Waals surface area contributed by atoms with E-state index in [1.54, 1.807) is 6.08 Å². The average Bonchev–Trinajstić information content (AvgIpc) is 3.23. The molecule has 0 spiro atoms. The number of ether oxygens (including phenoxy) is 3. The highest BCUT2D eigenvalue weighted by Gasteiger charge is 2.19. The van der Waals surface area contributed by atoms with Crippen molar-refractivity contribution in [1.29, 1.82) is 0 Å². The number of carbonyl (C=O) groups excluding carboxylic acids is 3. The summed E-state index contributed by atoms with van der Waals surface area (Å²) < 4.78 is 16.5. The minimum atomic E-state index is -0.859. The van der Waals surface area contributed by atoms with E-state index in [1.807, 2.05) is 12.2 Å². The van der Waals surface area contributed by atoms with E-state index in [0.717, 1.165) is 89.9 Å². The van der Waals surface area contributed by atoms with E-state index >= 15 is 0 Å². The molecule has 0 aliphatic carbocycles. The molecule has 59 heavy (non-hydrogen) atoms. The summed E-state index contributed by atoms with van der Waals surface area (Å²) >= 11 is 0. The Morgan fingerprint density at radius 2 is 0.763 bits per heavy atom. The fraction of sp³-hybridized carbons (Fsp3) is 0.566. The van der Waals surface area contributed by atoms with Gasteiger partial charge in [0.1, 0.15) is 13.2 Å². The zero-order valence-electron chi connectivity index (χ0n) is 37.5. The van der Waals surface area contributed by atoms with E-state index in [9.17, 15) is 14.4 Å². The van der Waals surface area contributed by atoms with Gasteiger partial charge in [-0.2, -0.15) is 0 Å².